The van der Waals surface area contributed by atoms with Crippen LogP contribution in [0.3, 0.4) is 0 Å². The number of para-hydroxylation sites is 1. The maximum Gasteiger partial charge on any atom is 0.233 e. The fourth-order valence-corrected chi connectivity index (χ4v) is 4.09. The largest absolute Gasteiger partial charge is 0.310 e. The highest BCUT2D eigenvalue weighted by molar-refractivity contribution is 8.00. The molecule has 5 heteroatoms. The van der Waals surface area contributed by atoms with Gasteiger partial charge in [-0.2, -0.15) is 0 Å². The van der Waals surface area contributed by atoms with Crippen molar-refractivity contribution in [1.82, 2.24) is 4.98 Å². The van der Waals surface area contributed by atoms with Crippen molar-refractivity contribution >= 4 is 34.7 Å². The summed E-state index contributed by atoms with van der Waals surface area (Å²) in [5.41, 5.74) is 1.91. The first-order chi connectivity index (χ1) is 9.63. The van der Waals surface area contributed by atoms with Gasteiger partial charge in [0.2, 0.25) is 5.91 Å². The maximum absolute atomic E-state index is 12.6. The Bertz CT molecular complexity index is 638. The van der Waals surface area contributed by atoms with Gasteiger partial charge in [-0.3, -0.25) is 4.79 Å². The van der Waals surface area contributed by atoms with Crippen LogP contribution in [0.2, 0.25) is 0 Å². The summed E-state index contributed by atoms with van der Waals surface area (Å²) in [5.74, 6) is 0.134. The van der Waals surface area contributed by atoms with E-state index in [-0.39, 0.29) is 5.91 Å². The molecule has 20 heavy (non-hydrogen) atoms. The number of fused-ring (bicyclic) bond motifs is 1. The highest BCUT2D eigenvalue weighted by Crippen LogP contribution is 2.38. The zero-order valence-electron chi connectivity index (χ0n) is 11.5. The predicted molar refractivity (Wildman–Crippen MR) is 84.7 cm³/mol. The molecule has 0 bridgehead atoms. The van der Waals surface area contributed by atoms with Crippen molar-refractivity contribution in [2.75, 3.05) is 11.4 Å². The first-order valence-electron chi connectivity index (χ1n) is 6.60. The lowest BCUT2D eigenvalue weighted by atomic mass is 10.2. The molecule has 0 N–H and O–H groups in total. The highest BCUT2D eigenvalue weighted by atomic mass is 32.2. The Morgan fingerprint density at radius 1 is 1.45 bits per heavy atom. The van der Waals surface area contributed by atoms with Crippen molar-refractivity contribution in [2.24, 2.45) is 0 Å². The Morgan fingerprint density at radius 2 is 2.25 bits per heavy atom. The van der Waals surface area contributed by atoms with Crippen LogP contribution in [0, 0.1) is 6.92 Å². The third-order valence-electron chi connectivity index (χ3n) is 3.22. The van der Waals surface area contributed by atoms with Crippen molar-refractivity contribution in [2.45, 2.75) is 30.4 Å². The number of carbonyl (C=O) groups is 1. The number of thioether (sulfide) groups is 1. The number of anilines is 1. The Balaban J connectivity index is 1.84. The van der Waals surface area contributed by atoms with E-state index in [4.69, 9.17) is 0 Å². The smallest absolute Gasteiger partial charge is 0.233 e. The number of aromatic nitrogens is 1. The molecule has 0 saturated heterocycles. The summed E-state index contributed by atoms with van der Waals surface area (Å²) in [6, 6.07) is 8.13. The Kier molecular flexibility index (Phi) is 3.81. The van der Waals surface area contributed by atoms with Crippen molar-refractivity contribution in [1.29, 1.82) is 0 Å². The van der Waals surface area contributed by atoms with Gasteiger partial charge in [0.1, 0.15) is 0 Å². The Hall–Kier alpha value is -1.33. The molecule has 3 nitrogen and oxygen atoms in total. The molecule has 3 rings (SSSR count). The molecule has 2 heterocycles. The molecule has 0 spiro atoms. The van der Waals surface area contributed by atoms with E-state index >= 15 is 0 Å². The molecule has 1 aliphatic rings. The number of hydrogen-bond acceptors (Lipinski definition) is 4. The Morgan fingerprint density at radius 3 is 3.00 bits per heavy atom. The summed E-state index contributed by atoms with van der Waals surface area (Å²) < 4.78 is 0. The van der Waals surface area contributed by atoms with Gasteiger partial charge in [-0.25, -0.2) is 4.98 Å². The summed E-state index contributed by atoms with van der Waals surface area (Å²) in [6.07, 6.45) is 0.385. The van der Waals surface area contributed by atoms with Crippen LogP contribution in [0.5, 0.6) is 0 Å². The quantitative estimate of drug-likeness (QED) is 0.851. The molecule has 0 radical (unpaired) electrons. The number of benzene rings is 1. The minimum absolute atomic E-state index is 0.134. The number of thiazole rings is 1. The second-order valence-corrected chi connectivity index (χ2v) is 7.48. The normalized spacial score (nSPS) is 17.9. The van der Waals surface area contributed by atoms with Crippen LogP contribution in [0.4, 0.5) is 5.69 Å². The molecule has 1 atom stereocenters. The standard InChI is InChI=1S/C15H16N2OS2/c1-10-8-17(13-5-3-4-6-14(13)20-10)15(18)7-12-9-19-11(2)16-12/h3-6,9-10H,7-8H2,1-2H3/t10-/m0/s1. The number of amides is 1. The fourth-order valence-electron chi connectivity index (χ4n) is 2.37. The van der Waals surface area contributed by atoms with Crippen molar-refractivity contribution in [3.05, 3.63) is 40.3 Å². The minimum atomic E-state index is 0.134. The summed E-state index contributed by atoms with van der Waals surface area (Å²) in [5, 5.41) is 3.41. The highest BCUT2D eigenvalue weighted by Gasteiger charge is 2.26. The van der Waals surface area contributed by atoms with E-state index in [1.807, 2.05) is 47.2 Å². The molecule has 0 saturated carbocycles. The second-order valence-electron chi connectivity index (χ2n) is 4.94. The van der Waals surface area contributed by atoms with Gasteiger partial charge in [0.05, 0.1) is 22.8 Å². The topological polar surface area (TPSA) is 33.2 Å². The number of rotatable bonds is 2. The van der Waals surface area contributed by atoms with Crippen LogP contribution in [0.25, 0.3) is 0 Å². The number of nitrogens with zero attached hydrogens (tertiary/aromatic N) is 2. The molecule has 0 unspecified atom stereocenters. The number of aryl methyl sites for hydroxylation is 1. The van der Waals surface area contributed by atoms with E-state index in [2.05, 4.69) is 18.0 Å². The molecular formula is C15H16N2OS2. The minimum Gasteiger partial charge on any atom is -0.310 e. The number of hydrogen-bond donors (Lipinski definition) is 0. The predicted octanol–water partition coefficient (Wildman–Crippen LogP) is 3.52. The molecule has 1 aromatic heterocycles. The average Bonchev–Trinajstić information content (AvgIpc) is 2.83. The molecule has 0 fully saturated rings. The third kappa shape index (κ3) is 2.74. The third-order valence-corrected chi connectivity index (χ3v) is 5.20. The van der Waals surface area contributed by atoms with Crippen LogP contribution >= 0.6 is 23.1 Å². The van der Waals surface area contributed by atoms with Crippen molar-refractivity contribution in [3.63, 3.8) is 0 Å². The van der Waals surface area contributed by atoms with Gasteiger partial charge in [-0.15, -0.1) is 23.1 Å². The lowest BCUT2D eigenvalue weighted by molar-refractivity contribution is -0.118. The lowest BCUT2D eigenvalue weighted by Gasteiger charge is -2.32. The van der Waals surface area contributed by atoms with Crippen LogP contribution in [-0.4, -0.2) is 22.7 Å². The molecule has 0 aliphatic carbocycles. The average molecular weight is 304 g/mol. The first-order valence-corrected chi connectivity index (χ1v) is 8.36. The van der Waals surface area contributed by atoms with Gasteiger partial charge in [0, 0.05) is 22.1 Å². The monoisotopic (exact) mass is 304 g/mol. The first kappa shape index (κ1) is 13.6. The Labute approximate surface area is 127 Å². The van der Waals surface area contributed by atoms with E-state index < -0.39 is 0 Å². The molecule has 2 aromatic rings. The van der Waals surface area contributed by atoms with Gasteiger partial charge >= 0.3 is 0 Å². The van der Waals surface area contributed by atoms with Crippen LogP contribution in [-0.2, 0) is 11.2 Å². The SMILES string of the molecule is Cc1nc(CC(=O)N2C[C@H](C)Sc3ccccc32)cs1. The summed E-state index contributed by atoms with van der Waals surface area (Å²) in [7, 11) is 0. The summed E-state index contributed by atoms with van der Waals surface area (Å²) in [4.78, 5) is 20.0. The van der Waals surface area contributed by atoms with E-state index in [0.717, 1.165) is 22.9 Å². The summed E-state index contributed by atoms with van der Waals surface area (Å²) >= 11 is 3.43. The fraction of sp³-hybridized carbons (Fsp3) is 0.333. The van der Waals surface area contributed by atoms with Gasteiger partial charge in [-0.05, 0) is 19.1 Å². The van der Waals surface area contributed by atoms with Gasteiger partial charge in [-0.1, -0.05) is 19.1 Å². The van der Waals surface area contributed by atoms with Crippen LogP contribution in [0.1, 0.15) is 17.6 Å². The van der Waals surface area contributed by atoms with E-state index in [0.29, 0.717) is 11.7 Å². The van der Waals surface area contributed by atoms with Gasteiger partial charge in [0.15, 0.2) is 0 Å². The van der Waals surface area contributed by atoms with Gasteiger partial charge in [0.25, 0.3) is 0 Å². The van der Waals surface area contributed by atoms with Gasteiger partial charge < -0.3 is 4.90 Å². The number of carbonyl (C=O) groups excluding carboxylic acids is 1. The maximum atomic E-state index is 12.6. The zero-order chi connectivity index (χ0) is 14.1. The van der Waals surface area contributed by atoms with Crippen LogP contribution in [0.15, 0.2) is 34.5 Å². The van der Waals surface area contributed by atoms with Crippen molar-refractivity contribution < 1.29 is 4.79 Å². The molecule has 1 aromatic carbocycles. The van der Waals surface area contributed by atoms with E-state index in [1.165, 1.54) is 4.90 Å². The molecule has 1 amide bonds. The van der Waals surface area contributed by atoms with Crippen molar-refractivity contribution in [3.8, 4) is 0 Å². The van der Waals surface area contributed by atoms with Crippen LogP contribution < -0.4 is 4.90 Å². The molecular weight excluding hydrogens is 288 g/mol. The summed E-state index contributed by atoms with van der Waals surface area (Å²) in [6.45, 7) is 4.89. The van der Waals surface area contributed by atoms with E-state index in [1.54, 1.807) is 11.3 Å². The van der Waals surface area contributed by atoms with E-state index in [9.17, 15) is 4.79 Å². The lowest BCUT2D eigenvalue weighted by Crippen LogP contribution is -2.39. The molecule has 104 valence electrons. The second kappa shape index (κ2) is 5.58. The zero-order valence-corrected chi connectivity index (χ0v) is 13.1. The molecule has 1 aliphatic heterocycles.